The van der Waals surface area contributed by atoms with Crippen LogP contribution in [0.1, 0.15) is 40.5 Å². The van der Waals surface area contributed by atoms with Gasteiger partial charge in [0.2, 0.25) is 0 Å². The van der Waals surface area contributed by atoms with Gasteiger partial charge in [-0.2, -0.15) is 0 Å². The summed E-state index contributed by atoms with van der Waals surface area (Å²) in [6.45, 7) is 8.14. The van der Waals surface area contributed by atoms with E-state index in [-0.39, 0.29) is 5.97 Å². The predicted molar refractivity (Wildman–Crippen MR) is 56.6 cm³/mol. The zero-order valence-electron chi connectivity index (χ0n) is 9.54. The average Bonchev–Trinajstić information content (AvgIpc) is 2.16. The molecule has 2 nitrogen and oxygen atoms in total. The number of allylic oxidation sites excluding steroid dienone is 2. The minimum absolute atomic E-state index is 0.0793. The Balaban J connectivity index is 2.28. The summed E-state index contributed by atoms with van der Waals surface area (Å²) >= 11 is 0. The zero-order valence-corrected chi connectivity index (χ0v) is 9.54. The quantitative estimate of drug-likeness (QED) is 0.512. The molecule has 0 spiro atoms. The molecule has 1 rings (SSSR count). The molecule has 3 atom stereocenters. The molecule has 1 aliphatic carbocycles. The lowest BCUT2D eigenvalue weighted by Gasteiger charge is -2.40. The molecule has 0 aromatic carbocycles. The topological polar surface area (TPSA) is 26.3 Å². The van der Waals surface area contributed by atoms with Crippen molar-refractivity contribution in [2.24, 2.45) is 17.8 Å². The van der Waals surface area contributed by atoms with Gasteiger partial charge in [0.25, 0.3) is 0 Å². The van der Waals surface area contributed by atoms with E-state index in [1.54, 1.807) is 0 Å². The van der Waals surface area contributed by atoms with Crippen LogP contribution in [0.25, 0.3) is 0 Å². The summed E-state index contributed by atoms with van der Waals surface area (Å²) in [5, 5.41) is 0. The monoisotopic (exact) mass is 196 g/mol. The minimum Gasteiger partial charge on any atom is -0.432 e. The van der Waals surface area contributed by atoms with Crippen LogP contribution < -0.4 is 0 Å². The van der Waals surface area contributed by atoms with Gasteiger partial charge in [0, 0.05) is 6.42 Å². The number of rotatable bonds is 3. The van der Waals surface area contributed by atoms with Crippen molar-refractivity contribution in [2.75, 3.05) is 0 Å². The van der Waals surface area contributed by atoms with E-state index in [1.807, 2.05) is 19.9 Å². The van der Waals surface area contributed by atoms with E-state index >= 15 is 0 Å². The maximum atomic E-state index is 11.4. The first kappa shape index (κ1) is 11.3. The van der Waals surface area contributed by atoms with Crippen molar-refractivity contribution in [1.29, 1.82) is 0 Å². The fourth-order valence-electron chi connectivity index (χ4n) is 1.94. The van der Waals surface area contributed by atoms with Gasteiger partial charge in [0.1, 0.15) is 5.76 Å². The molecule has 1 saturated carbocycles. The molecule has 80 valence electrons. The number of carbonyl (C=O) groups excluding carboxylic acids is 1. The molecule has 0 radical (unpaired) electrons. The second-order valence-corrected chi connectivity index (χ2v) is 4.41. The Labute approximate surface area is 86.3 Å². The Hall–Kier alpha value is -0.790. The molecule has 0 aromatic rings. The largest absolute Gasteiger partial charge is 0.432 e. The Morgan fingerprint density at radius 3 is 2.57 bits per heavy atom. The molecule has 0 aliphatic heterocycles. The van der Waals surface area contributed by atoms with Gasteiger partial charge in [0.15, 0.2) is 0 Å². The van der Waals surface area contributed by atoms with Gasteiger partial charge in [-0.25, -0.2) is 0 Å². The van der Waals surface area contributed by atoms with Gasteiger partial charge in [0.05, 0.1) is 0 Å². The summed E-state index contributed by atoms with van der Waals surface area (Å²) in [4.78, 5) is 11.4. The van der Waals surface area contributed by atoms with Crippen molar-refractivity contribution in [3.63, 3.8) is 0 Å². The van der Waals surface area contributed by atoms with Crippen molar-refractivity contribution in [3.05, 3.63) is 11.8 Å². The third-order valence-corrected chi connectivity index (χ3v) is 3.43. The molecule has 14 heavy (non-hydrogen) atoms. The zero-order chi connectivity index (χ0) is 10.7. The molecule has 3 unspecified atom stereocenters. The first-order valence-electron chi connectivity index (χ1n) is 5.38. The lowest BCUT2D eigenvalue weighted by molar-refractivity contribution is -0.142. The van der Waals surface area contributed by atoms with E-state index < -0.39 is 0 Å². The number of esters is 1. The third kappa shape index (κ3) is 2.60. The summed E-state index contributed by atoms with van der Waals surface area (Å²) < 4.78 is 5.11. The van der Waals surface area contributed by atoms with Crippen LogP contribution in [0, 0.1) is 17.8 Å². The highest BCUT2D eigenvalue weighted by atomic mass is 16.5. The lowest BCUT2D eigenvalue weighted by Crippen LogP contribution is -2.34. The van der Waals surface area contributed by atoms with Crippen molar-refractivity contribution >= 4 is 5.97 Å². The molecule has 0 saturated heterocycles. The molecule has 0 bridgehead atoms. The van der Waals surface area contributed by atoms with Crippen molar-refractivity contribution in [2.45, 2.75) is 40.5 Å². The van der Waals surface area contributed by atoms with Crippen LogP contribution in [0.2, 0.25) is 0 Å². The van der Waals surface area contributed by atoms with Gasteiger partial charge < -0.3 is 4.74 Å². The van der Waals surface area contributed by atoms with Crippen LogP contribution in [-0.2, 0) is 9.53 Å². The third-order valence-electron chi connectivity index (χ3n) is 3.43. The van der Waals surface area contributed by atoms with Gasteiger partial charge in [-0.05, 0) is 44.1 Å². The molecule has 1 fully saturated rings. The molecule has 2 heteroatoms. The Bertz CT molecular complexity index is 243. The summed E-state index contributed by atoms with van der Waals surface area (Å²) in [6.07, 6.45) is 3.56. The second kappa shape index (κ2) is 4.63. The maximum Gasteiger partial charge on any atom is 0.311 e. The number of hydrogen-bond acceptors (Lipinski definition) is 2. The number of carbonyl (C=O) groups is 1. The van der Waals surface area contributed by atoms with Crippen LogP contribution in [0.5, 0.6) is 0 Å². The van der Waals surface area contributed by atoms with E-state index in [4.69, 9.17) is 4.74 Å². The van der Waals surface area contributed by atoms with Gasteiger partial charge in [-0.3, -0.25) is 4.79 Å². The lowest BCUT2D eigenvalue weighted by atomic mass is 9.65. The van der Waals surface area contributed by atoms with E-state index in [2.05, 4.69) is 13.8 Å². The fraction of sp³-hybridized carbons (Fsp3) is 0.750. The van der Waals surface area contributed by atoms with Crippen molar-refractivity contribution in [3.8, 4) is 0 Å². The van der Waals surface area contributed by atoms with E-state index in [0.29, 0.717) is 24.0 Å². The normalized spacial score (nSPS) is 32.3. The van der Waals surface area contributed by atoms with Gasteiger partial charge >= 0.3 is 5.97 Å². The van der Waals surface area contributed by atoms with Crippen LogP contribution in [0.15, 0.2) is 11.8 Å². The van der Waals surface area contributed by atoms with Crippen LogP contribution in [0.4, 0.5) is 0 Å². The highest BCUT2D eigenvalue weighted by molar-refractivity contribution is 5.71. The molecular formula is C12H20O2. The summed E-state index contributed by atoms with van der Waals surface area (Å²) in [7, 11) is 0. The Kier molecular flexibility index (Phi) is 3.73. The van der Waals surface area contributed by atoms with Crippen LogP contribution >= 0.6 is 0 Å². The molecule has 0 amide bonds. The maximum absolute atomic E-state index is 11.4. The molecule has 1 aliphatic rings. The summed E-state index contributed by atoms with van der Waals surface area (Å²) in [6, 6.07) is 0. The smallest absolute Gasteiger partial charge is 0.311 e. The molecule has 0 heterocycles. The number of hydrogen-bond donors (Lipinski definition) is 0. The SMILES string of the molecule is CC=C(C)OC(=O)CC1CC(C)C1C. The first-order valence-corrected chi connectivity index (χ1v) is 5.38. The Morgan fingerprint density at radius 1 is 1.50 bits per heavy atom. The van der Waals surface area contributed by atoms with Gasteiger partial charge in [-0.15, -0.1) is 0 Å². The van der Waals surface area contributed by atoms with Crippen LogP contribution in [0.3, 0.4) is 0 Å². The molecule has 0 aromatic heterocycles. The van der Waals surface area contributed by atoms with E-state index in [1.165, 1.54) is 6.42 Å². The number of ether oxygens (including phenoxy) is 1. The second-order valence-electron chi connectivity index (χ2n) is 4.41. The predicted octanol–water partition coefficient (Wildman–Crippen LogP) is 3.14. The van der Waals surface area contributed by atoms with Gasteiger partial charge in [-0.1, -0.05) is 13.8 Å². The highest BCUT2D eigenvalue weighted by Crippen LogP contribution is 2.41. The van der Waals surface area contributed by atoms with E-state index in [0.717, 1.165) is 5.92 Å². The first-order chi connectivity index (χ1) is 6.54. The summed E-state index contributed by atoms with van der Waals surface area (Å²) in [5.74, 6) is 2.62. The summed E-state index contributed by atoms with van der Waals surface area (Å²) in [5.41, 5.74) is 0. The van der Waals surface area contributed by atoms with Crippen molar-refractivity contribution in [1.82, 2.24) is 0 Å². The van der Waals surface area contributed by atoms with Crippen molar-refractivity contribution < 1.29 is 9.53 Å². The Morgan fingerprint density at radius 2 is 2.14 bits per heavy atom. The minimum atomic E-state index is -0.0793. The fourth-order valence-corrected chi connectivity index (χ4v) is 1.94. The highest BCUT2D eigenvalue weighted by Gasteiger charge is 2.35. The van der Waals surface area contributed by atoms with Crippen LogP contribution in [-0.4, -0.2) is 5.97 Å². The average molecular weight is 196 g/mol. The van der Waals surface area contributed by atoms with E-state index in [9.17, 15) is 4.79 Å². The standard InChI is InChI=1S/C12H20O2/c1-5-9(3)14-12(13)7-11-6-8(2)10(11)4/h5,8,10-11H,6-7H2,1-4H3. The molecular weight excluding hydrogens is 176 g/mol. The molecule has 0 N–H and O–H groups in total.